The van der Waals surface area contributed by atoms with E-state index >= 15 is 0 Å². The minimum absolute atomic E-state index is 0.00903. The van der Waals surface area contributed by atoms with Crippen molar-refractivity contribution < 1.29 is 48.8 Å². The molecule has 1 saturated carbocycles. The summed E-state index contributed by atoms with van der Waals surface area (Å²) >= 11 is 0. The van der Waals surface area contributed by atoms with E-state index in [1.807, 2.05) is 28.0 Å². The van der Waals surface area contributed by atoms with Gasteiger partial charge in [-0.25, -0.2) is 0 Å². The van der Waals surface area contributed by atoms with Gasteiger partial charge in [0.15, 0.2) is 0 Å². The van der Waals surface area contributed by atoms with Crippen molar-refractivity contribution in [3.8, 4) is 11.8 Å². The highest BCUT2D eigenvalue weighted by Gasteiger charge is 2.54. The molecule has 7 rings (SSSR count). The molecule has 4 N–H and O–H groups in total. The Hall–Kier alpha value is -5.46. The Morgan fingerprint density at radius 3 is 1.83 bits per heavy atom. The molecule has 4 aliphatic heterocycles. The number of hydrogen-bond acceptors (Lipinski definition) is 14. The van der Waals surface area contributed by atoms with Crippen LogP contribution in [0, 0.1) is 22.7 Å². The number of carboxylic acid groups (broad SMARTS) is 3. The monoisotopic (exact) mass is 916 g/mol. The van der Waals surface area contributed by atoms with Crippen molar-refractivity contribution >= 4 is 46.5 Å². The molecule has 4 saturated heterocycles. The maximum absolute atomic E-state index is 13.8. The number of nitrogens with one attached hydrogen (secondary N) is 1. The number of pyridine rings is 1. The summed E-state index contributed by atoms with van der Waals surface area (Å²) in [5, 5.41) is 41.4. The van der Waals surface area contributed by atoms with E-state index in [2.05, 4.69) is 21.3 Å². The fourth-order valence-electron chi connectivity index (χ4n) is 10.2. The van der Waals surface area contributed by atoms with E-state index in [1.54, 1.807) is 31.9 Å². The molecule has 1 aromatic heterocycles. The Balaban J connectivity index is 0.836. The first kappa shape index (κ1) is 48.5. The summed E-state index contributed by atoms with van der Waals surface area (Å²) in [7, 11) is 0. The number of fused-ring (bicyclic) bond motifs is 2. The zero-order valence-electron chi connectivity index (χ0n) is 37.7. The number of ether oxygens (including phenoxy) is 1. The van der Waals surface area contributed by atoms with Gasteiger partial charge in [-0.2, -0.15) is 5.26 Å². The predicted molar refractivity (Wildman–Crippen MR) is 240 cm³/mol. The van der Waals surface area contributed by atoms with E-state index in [1.165, 1.54) is 0 Å². The molecule has 20 heteroatoms. The van der Waals surface area contributed by atoms with Crippen LogP contribution >= 0.6 is 0 Å². The van der Waals surface area contributed by atoms with Gasteiger partial charge in [-0.1, -0.05) is 0 Å². The topological polar surface area (TPSA) is 244 Å². The number of carbonyl (C=O) groups excluding carboxylic acids is 3. The average Bonchev–Trinajstić information content (AvgIpc) is 3.96. The van der Waals surface area contributed by atoms with Crippen molar-refractivity contribution in [3.63, 3.8) is 0 Å². The van der Waals surface area contributed by atoms with Gasteiger partial charge in [0.2, 0.25) is 11.8 Å². The van der Waals surface area contributed by atoms with Gasteiger partial charge in [-0.05, 0) is 93.6 Å². The number of likely N-dealkylation sites (tertiary alicyclic amines) is 3. The summed E-state index contributed by atoms with van der Waals surface area (Å²) in [6.07, 6.45) is 7.97. The first-order valence-electron chi connectivity index (χ1n) is 23.3. The lowest BCUT2D eigenvalue weighted by molar-refractivity contribution is -0.141. The molecule has 3 atom stereocenters. The number of nitriles is 1. The van der Waals surface area contributed by atoms with Gasteiger partial charge in [0.05, 0.1) is 56.5 Å². The zero-order chi connectivity index (χ0) is 46.8. The third-order valence-corrected chi connectivity index (χ3v) is 14.2. The molecule has 0 bridgehead atoms. The van der Waals surface area contributed by atoms with Crippen molar-refractivity contribution in [1.29, 1.82) is 5.26 Å². The smallest absolute Gasteiger partial charge is 0.317 e. The maximum Gasteiger partial charge on any atom is 0.317 e. The number of nitrogens with zero attached hydrogens (tertiary/aromatic N) is 9. The second kappa shape index (κ2) is 22.4. The van der Waals surface area contributed by atoms with Crippen LogP contribution in [0.5, 0.6) is 5.75 Å². The molecule has 20 nitrogen and oxygen atoms in total. The van der Waals surface area contributed by atoms with Crippen molar-refractivity contribution in [2.75, 3.05) is 124 Å². The molecule has 5 heterocycles. The SMILES string of the molecule is N#C[C@@H]1C[C@@H]2C[C@@H]2N1C(=O)CNC(=O)c1ccnc2ccc(OCCCN3CCC4(CC3)CCN(C(=O)CN3CCN(CC(=O)O)CCN(CC(=O)O)CCN(CC(=O)O)CC3)CC4)cc12. The summed E-state index contributed by atoms with van der Waals surface area (Å²) < 4.78 is 6.15. The van der Waals surface area contributed by atoms with Crippen LogP contribution in [0.15, 0.2) is 30.5 Å². The lowest BCUT2D eigenvalue weighted by Gasteiger charge is -2.47. The van der Waals surface area contributed by atoms with Gasteiger partial charge in [-0.15, -0.1) is 0 Å². The third-order valence-electron chi connectivity index (χ3n) is 14.2. The van der Waals surface area contributed by atoms with Crippen molar-refractivity contribution in [3.05, 3.63) is 36.0 Å². The molecule has 358 valence electrons. The Bertz CT molecular complexity index is 2090. The van der Waals surface area contributed by atoms with Crippen molar-refractivity contribution in [2.24, 2.45) is 11.3 Å². The Morgan fingerprint density at radius 2 is 1.27 bits per heavy atom. The normalized spacial score (nSPS) is 23.6. The Labute approximate surface area is 385 Å². The number of piperidine rings is 3. The largest absolute Gasteiger partial charge is 0.494 e. The first-order valence-corrected chi connectivity index (χ1v) is 23.3. The second-order valence-electron chi connectivity index (χ2n) is 18.7. The molecular formula is C46H64N10O10. The molecule has 2 aromatic rings. The van der Waals surface area contributed by atoms with E-state index in [0.717, 1.165) is 58.2 Å². The van der Waals surface area contributed by atoms with Crippen molar-refractivity contribution in [1.82, 2.24) is 44.6 Å². The van der Waals surface area contributed by atoms with Crippen LogP contribution in [0.1, 0.15) is 55.3 Å². The number of aromatic nitrogens is 1. The van der Waals surface area contributed by atoms with E-state index in [9.17, 15) is 49.3 Å². The molecule has 1 aromatic carbocycles. The van der Waals surface area contributed by atoms with Crippen LogP contribution in [-0.4, -0.2) is 227 Å². The van der Waals surface area contributed by atoms with E-state index in [4.69, 9.17) is 4.74 Å². The predicted octanol–water partition coefficient (Wildman–Crippen LogP) is 0.426. The highest BCUT2D eigenvalue weighted by Crippen LogP contribution is 2.47. The fourth-order valence-corrected chi connectivity index (χ4v) is 10.2. The fraction of sp³-hybridized carbons (Fsp3) is 0.652. The summed E-state index contributed by atoms with van der Waals surface area (Å²) in [4.78, 5) is 92.4. The Kier molecular flexibility index (Phi) is 16.4. The van der Waals surface area contributed by atoms with Crippen LogP contribution in [-0.2, 0) is 24.0 Å². The zero-order valence-corrected chi connectivity index (χ0v) is 37.7. The van der Waals surface area contributed by atoms with Crippen LogP contribution in [0.25, 0.3) is 10.9 Å². The highest BCUT2D eigenvalue weighted by molar-refractivity contribution is 6.07. The number of aliphatic carboxylic acids is 3. The number of carboxylic acids is 3. The second-order valence-corrected chi connectivity index (χ2v) is 18.7. The molecule has 1 aliphatic carbocycles. The Morgan fingerprint density at radius 1 is 0.712 bits per heavy atom. The van der Waals surface area contributed by atoms with Gasteiger partial charge < -0.3 is 40.1 Å². The quantitative estimate of drug-likeness (QED) is 0.167. The summed E-state index contributed by atoms with van der Waals surface area (Å²) in [6, 6.07) is 9.01. The van der Waals surface area contributed by atoms with Gasteiger partial charge in [0.1, 0.15) is 11.8 Å². The molecule has 5 aliphatic rings. The summed E-state index contributed by atoms with van der Waals surface area (Å²) in [6.45, 7) is 6.81. The summed E-state index contributed by atoms with van der Waals surface area (Å²) in [5.41, 5.74) is 1.22. The standard InChI is InChI=1S/C46H64N10O10/c47-27-34-24-33-25-39(33)56(34)40(57)28-49-45(65)36-4-9-48-38-3-2-35(26-37(36)38)66-23-1-10-50-11-5-46(6-12-50)7-13-55(14-8-46)41(58)29-51-15-17-52(30-42(59)60)19-21-54(32-44(63)64)22-20-53(18-16-51)31-43(61)62/h2-4,9,26,33-34,39H,1,5-8,10-25,28-32H2,(H,49,65)(H,59,60)(H,61,62)(H,63,64)/t33-,34+,39+/m1/s1. The number of rotatable bonds is 16. The molecule has 66 heavy (non-hydrogen) atoms. The van der Waals surface area contributed by atoms with E-state index in [-0.39, 0.29) is 61.9 Å². The minimum atomic E-state index is -1.01. The van der Waals surface area contributed by atoms with Gasteiger partial charge in [0.25, 0.3) is 5.91 Å². The number of amides is 3. The van der Waals surface area contributed by atoms with Crippen LogP contribution < -0.4 is 10.1 Å². The van der Waals surface area contributed by atoms with Crippen LogP contribution in [0.2, 0.25) is 0 Å². The molecule has 3 amide bonds. The van der Waals surface area contributed by atoms with E-state index < -0.39 is 23.9 Å². The molecule has 0 radical (unpaired) electrons. The van der Waals surface area contributed by atoms with Crippen LogP contribution in [0.3, 0.4) is 0 Å². The minimum Gasteiger partial charge on any atom is -0.494 e. The van der Waals surface area contributed by atoms with E-state index in [0.29, 0.717) is 107 Å². The third kappa shape index (κ3) is 13.1. The maximum atomic E-state index is 13.8. The van der Waals surface area contributed by atoms with Crippen LogP contribution in [0.4, 0.5) is 0 Å². The number of hydrogen-bond donors (Lipinski definition) is 4. The van der Waals surface area contributed by atoms with Gasteiger partial charge in [-0.3, -0.25) is 53.4 Å². The molecule has 5 fully saturated rings. The number of carbonyl (C=O) groups is 6. The van der Waals surface area contributed by atoms with Crippen molar-refractivity contribution in [2.45, 2.75) is 57.0 Å². The lowest BCUT2D eigenvalue weighted by Crippen LogP contribution is -2.52. The number of benzene rings is 1. The molecule has 0 unspecified atom stereocenters. The highest BCUT2D eigenvalue weighted by atomic mass is 16.5. The van der Waals surface area contributed by atoms with Gasteiger partial charge in [0, 0.05) is 89.6 Å². The average molecular weight is 917 g/mol. The molecule has 1 spiro atoms. The lowest BCUT2D eigenvalue weighted by atomic mass is 9.71. The summed E-state index contributed by atoms with van der Waals surface area (Å²) in [5.74, 6) is -2.57. The molecular weight excluding hydrogens is 853 g/mol. The van der Waals surface area contributed by atoms with Gasteiger partial charge >= 0.3 is 17.9 Å². The first-order chi connectivity index (χ1) is 31.8.